The van der Waals surface area contributed by atoms with E-state index in [0.29, 0.717) is 88.6 Å². The maximum absolute atomic E-state index is 14.8. The topological polar surface area (TPSA) is 587 Å². The number of carboxylic acids is 2. The zero-order chi connectivity index (χ0) is 104. The number of ether oxygens (including phenoxy) is 13. The molecule has 2 aromatic heterocycles. The molecule has 1 aliphatic rings. The number of aliphatic carboxylic acids is 2. The van der Waals surface area contributed by atoms with Gasteiger partial charge in [0.05, 0.1) is 75.8 Å². The Morgan fingerprint density at radius 3 is 1.55 bits per heavy atom. The van der Waals surface area contributed by atoms with Crippen molar-refractivity contribution >= 4 is 98.7 Å². The predicted octanol–water partition coefficient (Wildman–Crippen LogP) is 8.33. The summed E-state index contributed by atoms with van der Waals surface area (Å²) < 4.78 is 68.1. The number of thiazole rings is 1. The van der Waals surface area contributed by atoms with Gasteiger partial charge in [0, 0.05) is 130 Å². The summed E-state index contributed by atoms with van der Waals surface area (Å²) in [5.74, 6) is -2.16. The quantitative estimate of drug-likeness (QED) is 0.00630. The van der Waals surface area contributed by atoms with Crippen LogP contribution in [-0.2, 0) is 87.2 Å². The second kappa shape index (κ2) is 79.0. The number of nitrogens with one attached hydrogen (secondary N) is 7. The number of aliphatic hydroxyl groups is 5. The Bertz CT molecular complexity index is 3820. The van der Waals surface area contributed by atoms with Crippen molar-refractivity contribution in [3.63, 3.8) is 0 Å². The van der Waals surface area contributed by atoms with Crippen LogP contribution in [0, 0.1) is 17.8 Å². The molecule has 15 atom stereocenters. The smallest absolute Gasteiger partial charge is 0.412 e. The Morgan fingerprint density at radius 2 is 1.10 bits per heavy atom. The SMILES string of the molecule is CCC(CO)OC(CO)OC.CCC(CO)OC(COC(=O)NCCC(=O)NCCSSc1ccccn1)OC.CCC(CO)OC(COC(=O)NCCC(=O)O)OC.CCCO[C@H](C[C@H](C(C)C)N(CCC)C(=O)[C@@H](N=C(N)[C@H]1CCCCN1C)[C@@H](C)CC)c1nc(C(=O)N[C@@H](Cc2ccc(OC(=O)NCCCCNC(=O)CCNC(=O)OCC(OC)OC(CC)CO)cc2)C[C@H](C)C(=O)O)cs1. The van der Waals surface area contributed by atoms with Gasteiger partial charge >= 0.3 is 36.3 Å². The second-order valence-electron chi connectivity index (χ2n) is 32.6. The first-order valence-corrected chi connectivity index (χ1v) is 50.8. The highest BCUT2D eigenvalue weighted by Crippen LogP contribution is 2.33. The Balaban J connectivity index is 0.00000131. The molecule has 0 radical (unpaired) electrons. The third kappa shape index (κ3) is 58.0. The van der Waals surface area contributed by atoms with Crippen molar-refractivity contribution in [2.24, 2.45) is 28.5 Å². The molecule has 0 spiro atoms. The number of pyridine rings is 1. The van der Waals surface area contributed by atoms with E-state index in [1.165, 1.54) is 39.8 Å². The zero-order valence-corrected chi connectivity index (χ0v) is 86.4. The van der Waals surface area contributed by atoms with E-state index in [4.69, 9.17) is 103 Å². The Kier molecular flexibility index (Phi) is 73.0. The van der Waals surface area contributed by atoms with E-state index < -0.39 is 97.6 Å². The molecular formula is C93H161N13O30S3. The number of rotatable bonds is 69. The van der Waals surface area contributed by atoms with Crippen molar-refractivity contribution in [2.75, 3.05) is 153 Å². The summed E-state index contributed by atoms with van der Waals surface area (Å²) in [6, 6.07) is 11.0. The van der Waals surface area contributed by atoms with Crippen molar-refractivity contribution in [1.82, 2.24) is 57.0 Å². The first-order valence-electron chi connectivity index (χ1n) is 47.6. The molecule has 0 saturated carbocycles. The Hall–Kier alpha value is -8.53. The molecule has 0 aliphatic carbocycles. The number of carbonyl (C=O) groups excluding carboxylic acids is 8. The summed E-state index contributed by atoms with van der Waals surface area (Å²) in [5, 5.41) is 84.7. The van der Waals surface area contributed by atoms with Gasteiger partial charge in [-0.1, -0.05) is 118 Å². The summed E-state index contributed by atoms with van der Waals surface area (Å²) >= 11 is 1.31. The van der Waals surface area contributed by atoms with Gasteiger partial charge in [-0.15, -0.1) is 11.3 Å². The zero-order valence-electron chi connectivity index (χ0n) is 83.9. The highest BCUT2D eigenvalue weighted by molar-refractivity contribution is 8.76. The molecule has 43 nitrogen and oxygen atoms in total. The number of nitrogens with zero attached hydrogens (tertiary/aromatic N) is 5. The second-order valence-corrected chi connectivity index (χ2v) is 36.0. The van der Waals surface area contributed by atoms with Crippen LogP contribution in [0.1, 0.15) is 212 Å². The molecule has 0 bridgehead atoms. The number of aromatic nitrogens is 2. The summed E-state index contributed by atoms with van der Waals surface area (Å²) in [4.78, 5) is 141. The number of piperidine rings is 1. The van der Waals surface area contributed by atoms with E-state index in [1.54, 1.807) is 64.4 Å². The first kappa shape index (κ1) is 128. The number of alkyl carbamates (subject to hydrolysis) is 3. The number of nitrogens with two attached hydrogens (primary N) is 1. The highest BCUT2D eigenvalue weighted by atomic mass is 33.1. The summed E-state index contributed by atoms with van der Waals surface area (Å²) in [5.41, 5.74) is 7.66. The lowest BCUT2D eigenvalue weighted by Gasteiger charge is -2.39. The highest BCUT2D eigenvalue weighted by Gasteiger charge is 2.38. The van der Waals surface area contributed by atoms with E-state index >= 15 is 0 Å². The van der Waals surface area contributed by atoms with Gasteiger partial charge in [-0.3, -0.25) is 38.7 Å². The number of methoxy groups -OCH3 is 4. The molecule has 46 heteroatoms. The van der Waals surface area contributed by atoms with Gasteiger partial charge in [-0.25, -0.2) is 29.1 Å². The fourth-order valence-corrected chi connectivity index (χ4v) is 15.5. The van der Waals surface area contributed by atoms with Crippen LogP contribution < -0.4 is 47.7 Å². The van der Waals surface area contributed by atoms with Crippen molar-refractivity contribution in [2.45, 2.75) is 277 Å². The lowest BCUT2D eigenvalue weighted by molar-refractivity contribution is -0.181. The lowest BCUT2D eigenvalue weighted by atomic mass is 9.92. The summed E-state index contributed by atoms with van der Waals surface area (Å²) in [6.45, 7) is 23.6. The number of likely N-dealkylation sites (tertiary alicyclic amines) is 1. The molecule has 4 rings (SSSR count). The van der Waals surface area contributed by atoms with Gasteiger partial charge in [0.25, 0.3) is 5.91 Å². The average Bonchev–Trinajstić information content (AvgIpc) is 1.68. The number of carbonyl (C=O) groups is 10. The maximum Gasteiger partial charge on any atom is 0.412 e. The van der Waals surface area contributed by atoms with Crippen LogP contribution in [0.2, 0.25) is 0 Å². The van der Waals surface area contributed by atoms with Crippen LogP contribution in [0.4, 0.5) is 19.2 Å². The van der Waals surface area contributed by atoms with Crippen LogP contribution in [0.3, 0.4) is 0 Å². The average molecular weight is 2040 g/mol. The van der Waals surface area contributed by atoms with E-state index in [-0.39, 0.29) is 176 Å². The minimum absolute atomic E-state index is 0.000258. The van der Waals surface area contributed by atoms with E-state index in [1.807, 2.05) is 57.7 Å². The number of hydrogen-bond donors (Lipinski definition) is 15. The van der Waals surface area contributed by atoms with Crippen molar-refractivity contribution in [1.29, 1.82) is 0 Å². The number of aliphatic imine (C=N–C) groups is 1. The normalized spacial score (nSPS) is 15.6. The van der Waals surface area contributed by atoms with Gasteiger partial charge < -0.3 is 145 Å². The largest absolute Gasteiger partial charge is 0.481 e. The summed E-state index contributed by atoms with van der Waals surface area (Å²) in [7, 11) is 10.9. The van der Waals surface area contributed by atoms with E-state index in [0.717, 1.165) is 61.4 Å². The lowest BCUT2D eigenvalue weighted by Crippen LogP contribution is -2.51. The summed E-state index contributed by atoms with van der Waals surface area (Å²) in [6.07, 6.45) is 3.77. The van der Waals surface area contributed by atoms with Crippen LogP contribution in [0.15, 0.2) is 64.1 Å². The minimum atomic E-state index is -1.01. The number of aliphatic hydroxyl groups excluding tert-OH is 5. The number of amidine groups is 1. The standard InChI is InChI=1S/C57H95N9O13S.C18H29N3O6S2.C11H21NO7.C7H16O4/c1-11-28-66(54(70)50(38(7)13-3)64-51(58)45-19-15-18-29-65(45)9)46(37(5)6)33-47(76-30-12-2)53-63-44(36-80-53)52(69)62-41(31-39(8)55(71)72)32-40-20-22-43(23-21-40)79-57(74)60-26-17-16-25-59-48(68)24-27-61-56(73)77-35-49(75-10)78-42(14-4)34-67;1-3-14(12-22)27-17(25-2)13-26-18(24)21-9-7-15(23)19-10-11-28-29-16-6-4-5-8-20-16;1-3-8(6-13)19-10(17-2)7-18-11(16)12-5-4-9(14)15;1-3-6(4-8)11-7(5-9)10-2/h20-23,36-39,41-42,45-47,49-50,67H,11-19,24-35H2,1-10H3,(H2,58,64)(H,59,68)(H,60,74)(H,61,73)(H,62,69)(H,71,72);4-6,8,14,17,22H,3,7,9-13H2,1-2H3,(H,19,23)(H,21,24);8,10,13H,3-7H2,1-2H3,(H,12,16)(H,14,15);6-9H,3-5H2,1-2H3/t38-,39-,41+,42?,45+,46+,47+,49?,50-;;;/m0.../s1. The van der Waals surface area contributed by atoms with Crippen molar-refractivity contribution in [3.8, 4) is 5.75 Å². The molecular weight excluding hydrogens is 1880 g/mol. The first-order chi connectivity index (χ1) is 66.7. The Labute approximate surface area is 830 Å². The number of unbranched alkanes of at least 4 members (excludes halogenated alkanes) is 1. The monoisotopic (exact) mass is 2040 g/mol. The molecule has 8 amide bonds. The number of hydrogen-bond acceptors (Lipinski definition) is 35. The van der Waals surface area contributed by atoms with Crippen LogP contribution in [0.5, 0.6) is 5.75 Å². The van der Waals surface area contributed by atoms with Gasteiger partial charge in [0.15, 0.2) is 25.2 Å². The number of amides is 8. The Morgan fingerprint density at radius 1 is 0.597 bits per heavy atom. The van der Waals surface area contributed by atoms with Crippen molar-refractivity contribution < 1.29 is 145 Å². The molecule has 1 fully saturated rings. The van der Waals surface area contributed by atoms with Crippen molar-refractivity contribution in [3.05, 3.63) is 70.3 Å². The molecule has 1 aliphatic heterocycles. The number of likely N-dealkylation sites (N-methyl/N-ethyl adjacent to an activating group) is 1. The third-order valence-electron chi connectivity index (χ3n) is 21.4. The van der Waals surface area contributed by atoms with Gasteiger partial charge in [0.1, 0.15) is 59.3 Å². The fraction of sp³-hybridized carbons (Fsp3) is 0.731. The van der Waals surface area contributed by atoms with Gasteiger partial charge in [-0.05, 0) is 143 Å². The molecule has 3 aromatic rings. The maximum atomic E-state index is 14.8. The molecule has 796 valence electrons. The molecule has 139 heavy (non-hydrogen) atoms. The minimum Gasteiger partial charge on any atom is -0.481 e. The fourth-order valence-electron chi connectivity index (χ4n) is 12.9. The third-order valence-corrected chi connectivity index (χ3v) is 24.6. The molecule has 1 aromatic carbocycles. The van der Waals surface area contributed by atoms with Crippen LogP contribution in [0.25, 0.3) is 0 Å². The van der Waals surface area contributed by atoms with Crippen LogP contribution in [-0.4, -0.2) is 348 Å². The molecule has 8 unspecified atom stereocenters. The number of carboxylic acid groups (broad SMARTS) is 2. The van der Waals surface area contributed by atoms with Crippen LogP contribution >= 0.6 is 32.9 Å². The number of benzene rings is 1. The molecule has 3 heterocycles. The molecule has 16 N–H and O–H groups in total. The van der Waals surface area contributed by atoms with Gasteiger partial charge in [0.2, 0.25) is 17.7 Å². The van der Waals surface area contributed by atoms with E-state index in [2.05, 4.69) is 88.8 Å². The van der Waals surface area contributed by atoms with Gasteiger partial charge in [-0.2, -0.15) is 0 Å². The predicted molar refractivity (Wildman–Crippen MR) is 525 cm³/mol. The van der Waals surface area contributed by atoms with E-state index in [9.17, 15) is 58.2 Å². The molecule has 1 saturated heterocycles.